The Morgan fingerprint density at radius 1 is 1.04 bits per heavy atom. The Balaban J connectivity index is 1.40. The minimum Gasteiger partial charge on any atom is -0.497 e. The van der Waals surface area contributed by atoms with E-state index in [1.807, 2.05) is 56.3 Å². The Morgan fingerprint density at radius 3 is 2.51 bits per heavy atom. The van der Waals surface area contributed by atoms with Gasteiger partial charge >= 0.3 is 6.03 Å². The first kappa shape index (κ1) is 39.4. The number of carbonyl (C=O) groups excluding carboxylic acids is 2. The second-order valence-electron chi connectivity index (χ2n) is 13.6. The van der Waals surface area contributed by atoms with Gasteiger partial charge in [0.1, 0.15) is 11.5 Å². The van der Waals surface area contributed by atoms with Crippen LogP contribution in [0, 0.1) is 5.92 Å². The number of benzene rings is 4. The van der Waals surface area contributed by atoms with Gasteiger partial charge in [0, 0.05) is 43.7 Å². The maximum Gasteiger partial charge on any atom is 0.321 e. The molecule has 0 aromatic heterocycles. The van der Waals surface area contributed by atoms with Gasteiger partial charge in [-0.15, -0.1) is 0 Å². The summed E-state index contributed by atoms with van der Waals surface area (Å²) in [6.07, 6.45) is 1.55. The second-order valence-corrected chi connectivity index (χ2v) is 15.3. The van der Waals surface area contributed by atoms with Crippen molar-refractivity contribution < 1.29 is 37.3 Å². The molecular weight excluding hydrogens is 697 g/mol. The van der Waals surface area contributed by atoms with Gasteiger partial charge < -0.3 is 34.4 Å². The number of fused-ring (bicyclic) bond motifs is 2. The molecule has 12 nitrogen and oxygen atoms in total. The largest absolute Gasteiger partial charge is 0.497 e. The summed E-state index contributed by atoms with van der Waals surface area (Å²) in [6, 6.07) is 23.3. The van der Waals surface area contributed by atoms with E-state index < -0.39 is 28.1 Å². The third-order valence-corrected chi connectivity index (χ3v) is 10.9. The van der Waals surface area contributed by atoms with Gasteiger partial charge in [-0.1, -0.05) is 43.3 Å². The molecule has 0 saturated carbocycles. The van der Waals surface area contributed by atoms with Crippen LogP contribution in [0.5, 0.6) is 11.5 Å². The summed E-state index contributed by atoms with van der Waals surface area (Å²) in [6.45, 7) is 6.19. The standard InChI is InChI=1S/C40H50N4O8S/c1-27-24-44(28(2)26-45)39(46)35-23-31(42-53(48,49)33-19-17-32(50-5)18-20-33)16-21-37(35)52-29(3)11-8-9-22-51-38(27)25-43(4)40(47)41-36-15-10-13-30-12-6-7-14-34(30)36/h6-7,10,12-21,23,27-29,38,42,45H,8-9,11,22,24-26H2,1-5H3,(H,41,47)/t27-,28-,29-,38-/m1/s1. The van der Waals surface area contributed by atoms with Crippen LogP contribution in [0.15, 0.2) is 89.8 Å². The van der Waals surface area contributed by atoms with Crippen LogP contribution in [0.3, 0.4) is 0 Å². The number of carbonyl (C=O) groups is 2. The quantitative estimate of drug-likeness (QED) is 0.174. The van der Waals surface area contributed by atoms with E-state index in [-0.39, 0.29) is 53.9 Å². The molecule has 0 spiro atoms. The first-order valence-corrected chi connectivity index (χ1v) is 19.4. The van der Waals surface area contributed by atoms with E-state index >= 15 is 0 Å². The highest BCUT2D eigenvalue weighted by Crippen LogP contribution is 2.30. The molecule has 13 heteroatoms. The smallest absolute Gasteiger partial charge is 0.321 e. The number of anilines is 2. The summed E-state index contributed by atoms with van der Waals surface area (Å²) in [5.74, 6) is 0.114. The summed E-state index contributed by atoms with van der Waals surface area (Å²) in [7, 11) is -0.797. The molecule has 3 N–H and O–H groups in total. The zero-order valence-electron chi connectivity index (χ0n) is 30.9. The number of methoxy groups -OCH3 is 1. The van der Waals surface area contributed by atoms with Gasteiger partial charge in [-0.3, -0.25) is 9.52 Å². The van der Waals surface area contributed by atoms with Gasteiger partial charge in [0.05, 0.1) is 48.1 Å². The number of nitrogens with zero attached hydrogens (tertiary/aromatic N) is 2. The van der Waals surface area contributed by atoms with Gasteiger partial charge in [-0.25, -0.2) is 13.2 Å². The monoisotopic (exact) mass is 746 g/mol. The number of hydrogen-bond acceptors (Lipinski definition) is 8. The minimum absolute atomic E-state index is 0.0285. The minimum atomic E-state index is -4.01. The number of aliphatic hydroxyl groups is 1. The van der Waals surface area contributed by atoms with Crippen molar-refractivity contribution in [2.75, 3.05) is 50.5 Å². The van der Waals surface area contributed by atoms with Crippen molar-refractivity contribution in [3.05, 3.63) is 90.5 Å². The Morgan fingerprint density at radius 2 is 1.77 bits per heavy atom. The predicted octanol–water partition coefficient (Wildman–Crippen LogP) is 6.61. The first-order chi connectivity index (χ1) is 25.4. The number of hydrogen-bond donors (Lipinski definition) is 3. The van der Waals surface area contributed by atoms with Crippen LogP contribution >= 0.6 is 0 Å². The highest BCUT2D eigenvalue weighted by atomic mass is 32.2. The number of sulfonamides is 1. The SMILES string of the molecule is COc1ccc(S(=O)(=O)Nc2ccc3c(c2)C(=O)N([C@H](C)CO)C[C@@H](C)[C@@H](CN(C)C(=O)Nc2cccc4ccccc24)OCCCC[C@@H](C)O3)cc1. The molecule has 53 heavy (non-hydrogen) atoms. The van der Waals surface area contributed by atoms with Crippen molar-refractivity contribution in [3.63, 3.8) is 0 Å². The maximum atomic E-state index is 14.5. The average molecular weight is 747 g/mol. The zero-order valence-corrected chi connectivity index (χ0v) is 31.8. The third kappa shape index (κ3) is 9.98. The molecule has 1 aliphatic heterocycles. The molecule has 4 aromatic rings. The number of aliphatic hydroxyl groups excluding tert-OH is 1. The van der Waals surface area contributed by atoms with E-state index in [1.165, 1.54) is 25.3 Å². The normalized spacial score (nSPS) is 19.3. The molecule has 4 atom stereocenters. The molecule has 284 valence electrons. The average Bonchev–Trinajstić information content (AvgIpc) is 3.15. The molecule has 4 aromatic carbocycles. The third-order valence-electron chi connectivity index (χ3n) is 9.51. The van der Waals surface area contributed by atoms with Crippen LogP contribution in [-0.2, 0) is 14.8 Å². The molecule has 0 bridgehead atoms. The molecule has 0 unspecified atom stereocenters. The molecule has 0 fully saturated rings. The van der Waals surface area contributed by atoms with Crippen LogP contribution in [0.4, 0.5) is 16.2 Å². The summed E-state index contributed by atoms with van der Waals surface area (Å²) in [5.41, 5.74) is 1.03. The van der Waals surface area contributed by atoms with E-state index in [9.17, 15) is 23.1 Å². The molecule has 0 radical (unpaired) electrons. The van der Waals surface area contributed by atoms with Crippen molar-refractivity contribution >= 4 is 44.1 Å². The Hall–Kier alpha value is -4.85. The van der Waals surface area contributed by atoms with Crippen molar-refractivity contribution in [3.8, 4) is 11.5 Å². The number of urea groups is 1. The summed E-state index contributed by atoms with van der Waals surface area (Å²) in [4.78, 5) is 31.1. The second kappa shape index (κ2) is 17.8. The fraction of sp³-hybridized carbons (Fsp3) is 0.400. The predicted molar refractivity (Wildman–Crippen MR) is 206 cm³/mol. The lowest BCUT2D eigenvalue weighted by Gasteiger charge is -2.35. The fourth-order valence-electron chi connectivity index (χ4n) is 6.32. The van der Waals surface area contributed by atoms with Crippen LogP contribution < -0.4 is 19.5 Å². The van der Waals surface area contributed by atoms with Crippen LogP contribution in [0.25, 0.3) is 10.8 Å². The lowest BCUT2D eigenvalue weighted by atomic mass is 10.0. The number of likely N-dealkylation sites (N-methyl/N-ethyl adjacent to an activating group) is 1. The maximum absolute atomic E-state index is 14.5. The van der Waals surface area contributed by atoms with Gasteiger partial charge in [0.25, 0.3) is 15.9 Å². The van der Waals surface area contributed by atoms with E-state index in [0.717, 1.165) is 23.6 Å². The molecular formula is C40H50N4O8S. The summed E-state index contributed by atoms with van der Waals surface area (Å²) < 4.78 is 47.1. The topological polar surface area (TPSA) is 147 Å². The van der Waals surface area contributed by atoms with Crippen molar-refractivity contribution in [1.29, 1.82) is 0 Å². The lowest BCUT2D eigenvalue weighted by molar-refractivity contribution is -0.0115. The van der Waals surface area contributed by atoms with E-state index in [0.29, 0.717) is 30.2 Å². The highest BCUT2D eigenvalue weighted by Gasteiger charge is 2.31. The number of nitrogens with one attached hydrogen (secondary N) is 2. The summed E-state index contributed by atoms with van der Waals surface area (Å²) in [5, 5.41) is 15.3. The Bertz CT molecular complexity index is 1970. The van der Waals surface area contributed by atoms with Gasteiger partial charge in [-0.05, 0) is 87.0 Å². The number of rotatable bonds is 9. The van der Waals surface area contributed by atoms with Gasteiger partial charge in [0.2, 0.25) is 0 Å². The Labute approximate surface area is 312 Å². The zero-order chi connectivity index (χ0) is 38.1. The molecule has 0 aliphatic carbocycles. The van der Waals surface area contributed by atoms with Crippen LogP contribution in [-0.4, -0.2) is 94.0 Å². The van der Waals surface area contributed by atoms with Gasteiger partial charge in [-0.2, -0.15) is 0 Å². The molecule has 3 amide bonds. The molecule has 1 aliphatic rings. The molecule has 5 rings (SSSR count). The van der Waals surface area contributed by atoms with Gasteiger partial charge in [0.15, 0.2) is 0 Å². The first-order valence-electron chi connectivity index (χ1n) is 17.9. The van der Waals surface area contributed by atoms with Crippen molar-refractivity contribution in [2.24, 2.45) is 5.92 Å². The van der Waals surface area contributed by atoms with Crippen molar-refractivity contribution in [1.82, 2.24) is 9.80 Å². The van der Waals surface area contributed by atoms with Crippen LogP contribution in [0.1, 0.15) is 50.4 Å². The summed E-state index contributed by atoms with van der Waals surface area (Å²) >= 11 is 0. The van der Waals surface area contributed by atoms with E-state index in [4.69, 9.17) is 14.2 Å². The van der Waals surface area contributed by atoms with E-state index in [1.54, 1.807) is 48.0 Å². The lowest BCUT2D eigenvalue weighted by Crippen LogP contribution is -2.48. The molecule has 0 saturated heterocycles. The highest BCUT2D eigenvalue weighted by molar-refractivity contribution is 7.92. The fourth-order valence-corrected chi connectivity index (χ4v) is 7.36. The molecule has 1 heterocycles. The number of ether oxygens (including phenoxy) is 3. The van der Waals surface area contributed by atoms with E-state index in [2.05, 4.69) is 10.0 Å². The van der Waals surface area contributed by atoms with Crippen molar-refractivity contribution in [2.45, 2.75) is 63.2 Å². The Kier molecular flexibility index (Phi) is 13.2. The number of amides is 3. The van der Waals surface area contributed by atoms with Crippen LogP contribution in [0.2, 0.25) is 0 Å².